The van der Waals surface area contributed by atoms with Crippen molar-refractivity contribution in [3.05, 3.63) is 81.3 Å². The third kappa shape index (κ3) is 3.81. The number of nitrogens with zero attached hydrogens (tertiary/aromatic N) is 4. The predicted octanol–water partition coefficient (Wildman–Crippen LogP) is 4.31. The highest BCUT2D eigenvalue weighted by molar-refractivity contribution is 7.14. The molecule has 4 rings (SSSR count). The van der Waals surface area contributed by atoms with Gasteiger partial charge in [-0.2, -0.15) is 0 Å². The number of thiazole rings is 1. The minimum Gasteiger partial charge on any atom is -0.295 e. The van der Waals surface area contributed by atoms with Crippen LogP contribution in [0.1, 0.15) is 23.7 Å². The van der Waals surface area contributed by atoms with Crippen molar-refractivity contribution in [3.8, 4) is 11.4 Å². The number of hydrogen-bond donors (Lipinski definition) is 0. The number of aryl methyl sites for hydroxylation is 2. The zero-order valence-corrected chi connectivity index (χ0v) is 17.6. The van der Waals surface area contributed by atoms with Gasteiger partial charge in [-0.25, -0.2) is 9.78 Å². The van der Waals surface area contributed by atoms with Gasteiger partial charge in [0.1, 0.15) is 0 Å². The Kier molecular flexibility index (Phi) is 5.33. The standard InChI is InChI=1S/C22H20N4O3S/c1-14-9-10-19(15(2)11-14)26(16(3)27)21-23-18(13-30-21)12-25-20(24-29-22(25)28)17-7-5-4-6-8-17/h4-11,13H,12H2,1-3H3. The molecule has 2 aromatic carbocycles. The summed E-state index contributed by atoms with van der Waals surface area (Å²) in [6.07, 6.45) is 0. The van der Waals surface area contributed by atoms with Gasteiger partial charge in [0.25, 0.3) is 0 Å². The van der Waals surface area contributed by atoms with Crippen LogP contribution < -0.4 is 10.7 Å². The summed E-state index contributed by atoms with van der Waals surface area (Å²) in [4.78, 5) is 30.8. The van der Waals surface area contributed by atoms with E-state index in [0.717, 1.165) is 22.4 Å². The van der Waals surface area contributed by atoms with E-state index in [1.807, 2.05) is 67.8 Å². The van der Waals surface area contributed by atoms with Crippen LogP contribution in [0.4, 0.5) is 10.8 Å². The monoisotopic (exact) mass is 420 g/mol. The maximum Gasteiger partial charge on any atom is 0.442 e. The Labute approximate surface area is 177 Å². The molecule has 152 valence electrons. The molecule has 0 N–H and O–H groups in total. The summed E-state index contributed by atoms with van der Waals surface area (Å²) in [6, 6.07) is 15.3. The number of rotatable bonds is 5. The second kappa shape index (κ2) is 8.08. The molecule has 0 fully saturated rings. The van der Waals surface area contributed by atoms with Crippen molar-refractivity contribution in [3.63, 3.8) is 0 Å². The highest BCUT2D eigenvalue weighted by Crippen LogP contribution is 2.32. The molecule has 4 aromatic rings. The highest BCUT2D eigenvalue weighted by Gasteiger charge is 2.21. The van der Waals surface area contributed by atoms with Crippen molar-refractivity contribution in [2.45, 2.75) is 27.3 Å². The zero-order valence-electron chi connectivity index (χ0n) is 16.8. The lowest BCUT2D eigenvalue weighted by Crippen LogP contribution is -2.23. The summed E-state index contributed by atoms with van der Waals surface area (Å²) < 4.78 is 6.31. The van der Waals surface area contributed by atoms with E-state index in [4.69, 9.17) is 4.52 Å². The first-order chi connectivity index (χ1) is 14.4. The van der Waals surface area contributed by atoms with E-state index in [0.29, 0.717) is 16.6 Å². The summed E-state index contributed by atoms with van der Waals surface area (Å²) in [6.45, 7) is 5.69. The molecular weight excluding hydrogens is 400 g/mol. The third-order valence-corrected chi connectivity index (χ3v) is 5.55. The number of benzene rings is 2. The fourth-order valence-corrected chi connectivity index (χ4v) is 4.17. The van der Waals surface area contributed by atoms with Crippen LogP contribution in [-0.4, -0.2) is 20.6 Å². The largest absolute Gasteiger partial charge is 0.442 e. The van der Waals surface area contributed by atoms with E-state index in [1.54, 1.807) is 4.90 Å². The average molecular weight is 420 g/mol. The molecule has 0 atom stereocenters. The lowest BCUT2D eigenvalue weighted by Gasteiger charge is -2.20. The second-order valence-electron chi connectivity index (χ2n) is 6.99. The Morgan fingerprint density at radius 3 is 2.63 bits per heavy atom. The van der Waals surface area contributed by atoms with E-state index in [1.165, 1.54) is 22.8 Å². The average Bonchev–Trinajstić information content (AvgIpc) is 3.32. The molecule has 0 radical (unpaired) electrons. The first kappa shape index (κ1) is 19.8. The van der Waals surface area contributed by atoms with Gasteiger partial charge in [0.15, 0.2) is 11.0 Å². The number of anilines is 2. The van der Waals surface area contributed by atoms with E-state index in [2.05, 4.69) is 10.1 Å². The second-order valence-corrected chi connectivity index (χ2v) is 7.83. The Hall–Kier alpha value is -3.52. The van der Waals surface area contributed by atoms with Crippen LogP contribution in [0.25, 0.3) is 11.4 Å². The molecule has 0 unspecified atom stereocenters. The third-order valence-electron chi connectivity index (χ3n) is 4.68. The zero-order chi connectivity index (χ0) is 21.3. The van der Waals surface area contributed by atoms with Crippen molar-refractivity contribution in [2.24, 2.45) is 0 Å². The van der Waals surface area contributed by atoms with Gasteiger partial charge < -0.3 is 0 Å². The van der Waals surface area contributed by atoms with Crippen molar-refractivity contribution in [1.82, 2.24) is 14.7 Å². The fourth-order valence-electron chi connectivity index (χ4n) is 3.30. The van der Waals surface area contributed by atoms with Gasteiger partial charge in [-0.3, -0.25) is 18.8 Å². The Morgan fingerprint density at radius 2 is 1.93 bits per heavy atom. The molecule has 1 amide bonds. The molecule has 0 spiro atoms. The Morgan fingerprint density at radius 1 is 1.17 bits per heavy atom. The predicted molar refractivity (Wildman–Crippen MR) is 116 cm³/mol. The number of hydrogen-bond acceptors (Lipinski definition) is 6. The van der Waals surface area contributed by atoms with Crippen LogP contribution in [0.2, 0.25) is 0 Å². The van der Waals surface area contributed by atoms with Crippen molar-refractivity contribution >= 4 is 28.1 Å². The van der Waals surface area contributed by atoms with E-state index in [9.17, 15) is 9.59 Å². The maximum absolute atomic E-state index is 12.4. The number of carbonyl (C=O) groups excluding carboxylic acids is 1. The van der Waals surface area contributed by atoms with Crippen LogP contribution in [0.3, 0.4) is 0 Å². The smallest absolute Gasteiger partial charge is 0.295 e. The quantitative estimate of drug-likeness (QED) is 0.481. The Bertz CT molecular complexity index is 1260. The van der Waals surface area contributed by atoms with Crippen LogP contribution in [0.5, 0.6) is 0 Å². The van der Waals surface area contributed by atoms with Crippen LogP contribution >= 0.6 is 11.3 Å². The number of aromatic nitrogens is 3. The van der Waals surface area contributed by atoms with Gasteiger partial charge in [0.05, 0.1) is 17.9 Å². The van der Waals surface area contributed by atoms with Gasteiger partial charge >= 0.3 is 5.76 Å². The lowest BCUT2D eigenvalue weighted by atomic mass is 10.1. The molecule has 30 heavy (non-hydrogen) atoms. The first-order valence-corrected chi connectivity index (χ1v) is 10.3. The highest BCUT2D eigenvalue weighted by atomic mass is 32.1. The van der Waals surface area contributed by atoms with Gasteiger partial charge in [0, 0.05) is 17.9 Å². The minimum absolute atomic E-state index is 0.130. The van der Waals surface area contributed by atoms with E-state index >= 15 is 0 Å². The molecule has 7 nitrogen and oxygen atoms in total. The van der Waals surface area contributed by atoms with Crippen molar-refractivity contribution < 1.29 is 9.32 Å². The molecule has 0 saturated heterocycles. The number of amides is 1. The van der Waals surface area contributed by atoms with Crippen molar-refractivity contribution in [2.75, 3.05) is 4.90 Å². The molecule has 0 saturated carbocycles. The van der Waals surface area contributed by atoms with E-state index in [-0.39, 0.29) is 12.5 Å². The summed E-state index contributed by atoms with van der Waals surface area (Å²) >= 11 is 1.35. The van der Waals surface area contributed by atoms with E-state index < -0.39 is 5.76 Å². The maximum atomic E-state index is 12.4. The topological polar surface area (TPSA) is 81.2 Å². The SMILES string of the molecule is CC(=O)N(c1nc(Cn2c(-c3ccccc3)noc2=O)cs1)c1ccc(C)cc1C. The summed E-state index contributed by atoms with van der Waals surface area (Å²) in [7, 11) is 0. The normalized spacial score (nSPS) is 10.9. The summed E-state index contributed by atoms with van der Waals surface area (Å²) in [5, 5.41) is 6.29. The molecule has 0 aliphatic carbocycles. The number of carbonyl (C=O) groups is 1. The van der Waals surface area contributed by atoms with Gasteiger partial charge in [-0.05, 0) is 25.5 Å². The van der Waals surface area contributed by atoms with Crippen LogP contribution in [-0.2, 0) is 11.3 Å². The molecular formula is C22H20N4O3S. The molecule has 2 aromatic heterocycles. The summed E-state index contributed by atoms with van der Waals surface area (Å²) in [5.41, 5.74) is 4.33. The molecule has 2 heterocycles. The first-order valence-electron chi connectivity index (χ1n) is 9.38. The Balaban J connectivity index is 1.67. The van der Waals surface area contributed by atoms with Gasteiger partial charge in [-0.1, -0.05) is 53.2 Å². The summed E-state index contributed by atoms with van der Waals surface area (Å²) in [5.74, 6) is -0.246. The minimum atomic E-state index is -0.554. The molecule has 0 aliphatic rings. The molecule has 0 bridgehead atoms. The fraction of sp³-hybridized carbons (Fsp3) is 0.182. The van der Waals surface area contributed by atoms with Gasteiger partial charge in [-0.15, -0.1) is 11.3 Å². The van der Waals surface area contributed by atoms with Gasteiger partial charge in [0.2, 0.25) is 5.91 Å². The van der Waals surface area contributed by atoms with Crippen LogP contribution in [0, 0.1) is 13.8 Å². The molecule has 8 heteroatoms. The lowest BCUT2D eigenvalue weighted by molar-refractivity contribution is -0.115. The van der Waals surface area contributed by atoms with Crippen LogP contribution in [0.15, 0.2) is 63.2 Å². The van der Waals surface area contributed by atoms with Crippen molar-refractivity contribution in [1.29, 1.82) is 0 Å². The molecule has 0 aliphatic heterocycles.